The van der Waals surface area contributed by atoms with E-state index in [-0.39, 0.29) is 12.5 Å². The molecule has 0 radical (unpaired) electrons. The summed E-state index contributed by atoms with van der Waals surface area (Å²) in [5.41, 5.74) is 2.45. The SMILES string of the molecule is O=C(Nc1ccc(C2=CCC=C(F)N=C2)cc1)c1cc2sc(N3CCN(CCO)CC3)nc2s1. The molecule has 1 saturated heterocycles. The molecule has 34 heavy (non-hydrogen) atoms. The fraction of sp³-hybridized carbons (Fsp3) is 0.292. The van der Waals surface area contributed by atoms with Crippen molar-refractivity contribution < 1.29 is 14.3 Å². The maximum absolute atomic E-state index is 13.3. The van der Waals surface area contributed by atoms with E-state index in [4.69, 9.17) is 10.1 Å². The number of carbonyl (C=O) groups is 1. The number of hydrogen-bond acceptors (Lipinski definition) is 8. The summed E-state index contributed by atoms with van der Waals surface area (Å²) in [5, 5.41) is 13.0. The summed E-state index contributed by atoms with van der Waals surface area (Å²) in [6.45, 7) is 4.51. The van der Waals surface area contributed by atoms with Gasteiger partial charge in [-0.25, -0.2) is 9.98 Å². The van der Waals surface area contributed by atoms with Gasteiger partial charge < -0.3 is 15.3 Å². The van der Waals surface area contributed by atoms with Crippen LogP contribution in [0.1, 0.15) is 21.7 Å². The van der Waals surface area contributed by atoms with Gasteiger partial charge in [0, 0.05) is 44.6 Å². The smallest absolute Gasteiger partial charge is 0.265 e. The number of hydrogen-bond donors (Lipinski definition) is 2. The van der Waals surface area contributed by atoms with Crippen LogP contribution in [-0.4, -0.2) is 66.4 Å². The topological polar surface area (TPSA) is 81.1 Å². The van der Waals surface area contributed by atoms with Gasteiger partial charge in [-0.1, -0.05) is 29.5 Å². The third-order valence-corrected chi connectivity index (χ3v) is 8.01. The van der Waals surface area contributed by atoms with E-state index in [1.54, 1.807) is 11.3 Å². The fourth-order valence-electron chi connectivity index (χ4n) is 3.93. The average Bonchev–Trinajstić information content (AvgIpc) is 3.35. The number of nitrogens with zero attached hydrogens (tertiary/aromatic N) is 4. The largest absolute Gasteiger partial charge is 0.395 e. The number of carbonyl (C=O) groups excluding carboxylic acids is 1. The van der Waals surface area contributed by atoms with Crippen molar-refractivity contribution in [2.24, 2.45) is 4.99 Å². The minimum atomic E-state index is -0.479. The molecule has 0 spiro atoms. The molecule has 2 aliphatic heterocycles. The van der Waals surface area contributed by atoms with Crippen molar-refractivity contribution in [1.82, 2.24) is 9.88 Å². The Morgan fingerprint density at radius 1 is 1.12 bits per heavy atom. The number of aromatic nitrogens is 1. The minimum absolute atomic E-state index is 0.163. The molecule has 0 atom stereocenters. The number of nitrogens with one attached hydrogen (secondary N) is 1. The number of thiazole rings is 1. The zero-order chi connectivity index (χ0) is 23.5. The second kappa shape index (κ2) is 10.1. The van der Waals surface area contributed by atoms with Crippen LogP contribution in [0, 0.1) is 0 Å². The molecule has 1 fully saturated rings. The monoisotopic (exact) mass is 497 g/mol. The van der Waals surface area contributed by atoms with Crippen LogP contribution in [-0.2, 0) is 0 Å². The van der Waals surface area contributed by atoms with E-state index in [0.717, 1.165) is 52.0 Å². The number of fused-ring (bicyclic) bond motifs is 1. The highest BCUT2D eigenvalue weighted by atomic mass is 32.1. The lowest BCUT2D eigenvalue weighted by Gasteiger charge is -2.34. The normalized spacial score (nSPS) is 16.9. The van der Waals surface area contributed by atoms with Crippen LogP contribution in [0.25, 0.3) is 15.1 Å². The van der Waals surface area contributed by atoms with Crippen LogP contribution >= 0.6 is 22.7 Å². The molecule has 1 amide bonds. The van der Waals surface area contributed by atoms with E-state index < -0.39 is 5.95 Å². The summed E-state index contributed by atoms with van der Waals surface area (Å²) >= 11 is 3.01. The van der Waals surface area contributed by atoms with Gasteiger partial charge in [-0.05, 0) is 41.8 Å². The van der Waals surface area contributed by atoms with Crippen molar-refractivity contribution in [1.29, 1.82) is 0 Å². The first kappa shape index (κ1) is 22.9. The van der Waals surface area contributed by atoms with Crippen molar-refractivity contribution in [3.05, 3.63) is 58.9 Å². The van der Waals surface area contributed by atoms with Crippen LogP contribution in [0.4, 0.5) is 15.2 Å². The predicted molar refractivity (Wildman–Crippen MR) is 138 cm³/mol. The number of aliphatic hydroxyl groups excluding tert-OH is 1. The molecule has 0 unspecified atom stereocenters. The molecule has 5 rings (SSSR count). The van der Waals surface area contributed by atoms with Crippen LogP contribution in [0.2, 0.25) is 0 Å². The molecule has 2 aliphatic rings. The summed E-state index contributed by atoms with van der Waals surface area (Å²) in [4.78, 5) is 27.3. The molecule has 10 heteroatoms. The fourth-order valence-corrected chi connectivity index (χ4v) is 6.08. The lowest BCUT2D eigenvalue weighted by atomic mass is 10.1. The third-order valence-electron chi connectivity index (χ3n) is 5.79. The molecule has 2 aromatic heterocycles. The van der Waals surface area contributed by atoms with Gasteiger partial charge in [0.25, 0.3) is 5.91 Å². The number of anilines is 2. The van der Waals surface area contributed by atoms with E-state index in [1.807, 2.05) is 36.4 Å². The lowest BCUT2D eigenvalue weighted by Crippen LogP contribution is -2.47. The molecule has 0 saturated carbocycles. The second-order valence-corrected chi connectivity index (χ2v) is 10.1. The Kier molecular flexibility index (Phi) is 6.82. The number of halogens is 1. The number of amides is 1. The molecule has 7 nitrogen and oxygen atoms in total. The van der Waals surface area contributed by atoms with Gasteiger partial charge in [0.1, 0.15) is 4.83 Å². The number of aliphatic imine (C=N–C) groups is 1. The average molecular weight is 498 g/mol. The summed E-state index contributed by atoms with van der Waals surface area (Å²) in [7, 11) is 0. The minimum Gasteiger partial charge on any atom is -0.395 e. The summed E-state index contributed by atoms with van der Waals surface area (Å²) in [6, 6.07) is 9.34. The van der Waals surface area contributed by atoms with Crippen LogP contribution in [0.3, 0.4) is 0 Å². The highest BCUT2D eigenvalue weighted by molar-refractivity contribution is 7.29. The second-order valence-electron chi connectivity index (χ2n) is 8.04. The van der Waals surface area contributed by atoms with Gasteiger partial charge >= 0.3 is 0 Å². The van der Waals surface area contributed by atoms with Gasteiger partial charge in [-0.2, -0.15) is 4.39 Å². The lowest BCUT2D eigenvalue weighted by molar-refractivity contribution is 0.103. The Balaban J connectivity index is 1.22. The maximum atomic E-state index is 13.3. The van der Waals surface area contributed by atoms with E-state index in [9.17, 15) is 9.18 Å². The molecule has 4 heterocycles. The molecule has 2 N–H and O–H groups in total. The summed E-state index contributed by atoms with van der Waals surface area (Å²) < 4.78 is 14.3. The van der Waals surface area contributed by atoms with Gasteiger partial charge in [0.05, 0.1) is 16.2 Å². The van der Waals surface area contributed by atoms with Crippen LogP contribution in [0.5, 0.6) is 0 Å². The first-order valence-corrected chi connectivity index (χ1v) is 12.7. The number of aliphatic hydroxyl groups is 1. The van der Waals surface area contributed by atoms with E-state index in [1.165, 1.54) is 23.6 Å². The number of piperazine rings is 1. The first-order valence-electron chi connectivity index (χ1n) is 11.1. The third kappa shape index (κ3) is 5.10. The maximum Gasteiger partial charge on any atom is 0.265 e. The van der Waals surface area contributed by atoms with Gasteiger partial charge in [-0.3, -0.25) is 9.69 Å². The van der Waals surface area contributed by atoms with Gasteiger partial charge in [0.15, 0.2) is 5.13 Å². The molecular formula is C24H24FN5O2S2. The molecule has 0 bridgehead atoms. The van der Waals surface area contributed by atoms with Gasteiger partial charge in [-0.15, -0.1) is 11.3 Å². The quantitative estimate of drug-likeness (QED) is 0.494. The van der Waals surface area contributed by atoms with E-state index in [2.05, 4.69) is 20.1 Å². The number of allylic oxidation sites excluding steroid dienone is 3. The standard InChI is InChI=1S/C24H24FN5O2S2/c25-21-3-1-2-17(15-26-21)16-4-6-18(7-5-16)27-22(32)19-14-20-23(33-19)28-24(34-20)30-10-8-29(9-11-30)12-13-31/h2-7,14-15,31H,1,8-13H2,(H,27,32). The Hall–Kier alpha value is -2.92. The number of thiophene rings is 1. The Morgan fingerprint density at radius 2 is 1.91 bits per heavy atom. The zero-order valence-corrected chi connectivity index (χ0v) is 20.0. The predicted octanol–water partition coefficient (Wildman–Crippen LogP) is 4.39. The van der Waals surface area contributed by atoms with Crippen LogP contribution < -0.4 is 10.2 Å². The number of benzene rings is 1. The van der Waals surface area contributed by atoms with Crippen molar-refractivity contribution in [3.63, 3.8) is 0 Å². The van der Waals surface area contributed by atoms with E-state index in [0.29, 0.717) is 23.5 Å². The molecule has 1 aromatic carbocycles. The summed E-state index contributed by atoms with van der Waals surface area (Å²) in [5.74, 6) is -0.642. The summed E-state index contributed by atoms with van der Waals surface area (Å²) in [6.07, 6.45) is 5.35. The Morgan fingerprint density at radius 3 is 2.65 bits per heavy atom. The zero-order valence-electron chi connectivity index (χ0n) is 18.4. The Labute approximate surface area is 204 Å². The molecule has 176 valence electrons. The molecular weight excluding hydrogens is 473 g/mol. The van der Waals surface area contributed by atoms with E-state index >= 15 is 0 Å². The highest BCUT2D eigenvalue weighted by Crippen LogP contribution is 2.35. The van der Waals surface area contributed by atoms with Crippen molar-refractivity contribution in [3.8, 4) is 0 Å². The first-order chi connectivity index (χ1) is 16.6. The molecule has 3 aromatic rings. The molecule has 0 aliphatic carbocycles. The van der Waals surface area contributed by atoms with Crippen molar-refractivity contribution in [2.75, 3.05) is 49.5 Å². The number of rotatable bonds is 6. The van der Waals surface area contributed by atoms with Crippen LogP contribution in [0.15, 0.2) is 53.4 Å². The Bertz CT molecular complexity index is 1240. The highest BCUT2D eigenvalue weighted by Gasteiger charge is 2.21. The number of β-amino-alcohol motifs (C(OH)–C–C–N with tert-alkyl or cyclic N) is 1. The van der Waals surface area contributed by atoms with Crippen molar-refractivity contribution in [2.45, 2.75) is 6.42 Å². The van der Waals surface area contributed by atoms with Gasteiger partial charge in [0.2, 0.25) is 5.95 Å². The van der Waals surface area contributed by atoms with Crippen molar-refractivity contribution >= 4 is 60.7 Å².